The van der Waals surface area contributed by atoms with Crippen LogP contribution in [0.3, 0.4) is 0 Å². The van der Waals surface area contributed by atoms with Crippen molar-refractivity contribution in [1.29, 1.82) is 0 Å². The van der Waals surface area contributed by atoms with Crippen molar-refractivity contribution in [2.75, 3.05) is 26.3 Å². The minimum absolute atomic E-state index is 0. The fourth-order valence-corrected chi connectivity index (χ4v) is 3.90. The lowest BCUT2D eigenvalue weighted by atomic mass is 10.0. The van der Waals surface area contributed by atoms with E-state index < -0.39 is 23.8 Å². The zero-order chi connectivity index (χ0) is 25.9. The van der Waals surface area contributed by atoms with Crippen LogP contribution in [0.25, 0.3) is 0 Å². The van der Waals surface area contributed by atoms with Crippen LogP contribution in [-0.4, -0.2) is 54.2 Å². The molecule has 1 heterocycles. The van der Waals surface area contributed by atoms with E-state index >= 15 is 0 Å². The van der Waals surface area contributed by atoms with Gasteiger partial charge in [-0.15, -0.1) is 17.0 Å². The second kappa shape index (κ2) is 21.0. The summed E-state index contributed by atoms with van der Waals surface area (Å²) in [5.41, 5.74) is 1.17. The Labute approximate surface area is 227 Å². The zero-order valence-electron chi connectivity index (χ0n) is 22.2. The SMILES string of the molecule is Br.C=C(C)C(=O)OCCC(CC(=O)OCC1=CC=CCN1CCCCCCCCCCCC)C(=O)O. The van der Waals surface area contributed by atoms with E-state index in [4.69, 9.17) is 9.47 Å². The second-order valence-electron chi connectivity index (χ2n) is 9.32. The molecule has 0 aromatic carbocycles. The van der Waals surface area contributed by atoms with Gasteiger partial charge in [-0.25, -0.2) is 4.79 Å². The molecular formula is C28H46BrNO6. The third-order valence-corrected chi connectivity index (χ3v) is 6.13. The number of hydrogen-bond acceptors (Lipinski definition) is 6. The number of allylic oxidation sites excluding steroid dienone is 2. The largest absolute Gasteiger partial charge is 0.481 e. The van der Waals surface area contributed by atoms with Gasteiger partial charge in [0.05, 0.1) is 24.6 Å². The van der Waals surface area contributed by atoms with Crippen LogP contribution in [0.1, 0.15) is 90.9 Å². The van der Waals surface area contributed by atoms with E-state index in [0.29, 0.717) is 0 Å². The first kappa shape index (κ1) is 33.9. The van der Waals surface area contributed by atoms with E-state index in [1.807, 2.05) is 12.2 Å². The molecule has 206 valence electrons. The Morgan fingerprint density at radius 3 is 2.22 bits per heavy atom. The van der Waals surface area contributed by atoms with Crippen LogP contribution in [-0.2, 0) is 23.9 Å². The highest BCUT2D eigenvalue weighted by Gasteiger charge is 2.23. The van der Waals surface area contributed by atoms with Gasteiger partial charge in [0.25, 0.3) is 0 Å². The molecule has 0 aromatic heterocycles. The Kier molecular flexibility index (Phi) is 19.8. The average molecular weight is 573 g/mol. The number of halogens is 1. The van der Waals surface area contributed by atoms with Gasteiger partial charge in [-0.05, 0) is 25.8 Å². The number of carbonyl (C=O) groups is 3. The van der Waals surface area contributed by atoms with Crippen LogP contribution >= 0.6 is 17.0 Å². The third kappa shape index (κ3) is 15.8. The molecule has 1 unspecified atom stereocenters. The Balaban J connectivity index is 0.0000122. The van der Waals surface area contributed by atoms with E-state index in [1.165, 1.54) is 64.7 Å². The first-order valence-corrected chi connectivity index (χ1v) is 13.2. The number of aliphatic carboxylic acids is 1. The number of carboxylic acids is 1. The quantitative estimate of drug-likeness (QED) is 0.103. The normalized spacial score (nSPS) is 13.4. The molecule has 0 aliphatic carbocycles. The predicted octanol–water partition coefficient (Wildman–Crippen LogP) is 6.38. The Morgan fingerprint density at radius 1 is 1.03 bits per heavy atom. The first-order valence-electron chi connectivity index (χ1n) is 13.2. The Hall–Kier alpha value is -2.09. The molecule has 0 aromatic rings. The number of ether oxygens (including phenoxy) is 2. The summed E-state index contributed by atoms with van der Waals surface area (Å²) < 4.78 is 10.3. The predicted molar refractivity (Wildman–Crippen MR) is 148 cm³/mol. The molecule has 0 fully saturated rings. The average Bonchev–Trinajstić information content (AvgIpc) is 2.83. The molecule has 0 saturated carbocycles. The summed E-state index contributed by atoms with van der Waals surface area (Å²) in [5.74, 6) is -3.23. The molecule has 1 rings (SSSR count). The van der Waals surface area contributed by atoms with Crippen molar-refractivity contribution < 1.29 is 29.0 Å². The van der Waals surface area contributed by atoms with E-state index in [9.17, 15) is 19.5 Å². The van der Waals surface area contributed by atoms with Crippen LogP contribution in [0.2, 0.25) is 0 Å². The van der Waals surface area contributed by atoms with Gasteiger partial charge in [0, 0.05) is 18.7 Å². The fourth-order valence-electron chi connectivity index (χ4n) is 3.90. The molecule has 0 amide bonds. The van der Waals surface area contributed by atoms with Crippen molar-refractivity contribution in [3.8, 4) is 0 Å². The molecule has 0 spiro atoms. The van der Waals surface area contributed by atoms with Crippen LogP contribution in [0.4, 0.5) is 0 Å². The highest BCUT2D eigenvalue weighted by atomic mass is 79.9. The van der Waals surface area contributed by atoms with Crippen molar-refractivity contribution in [2.24, 2.45) is 5.92 Å². The fraction of sp³-hybridized carbons (Fsp3) is 0.679. The Morgan fingerprint density at radius 2 is 1.64 bits per heavy atom. The van der Waals surface area contributed by atoms with Gasteiger partial charge >= 0.3 is 17.9 Å². The molecule has 0 saturated heterocycles. The topological polar surface area (TPSA) is 93.1 Å². The number of rotatable bonds is 20. The molecule has 0 bridgehead atoms. The summed E-state index contributed by atoms with van der Waals surface area (Å²) in [6.07, 6.45) is 18.6. The molecule has 1 N–H and O–H groups in total. The van der Waals surface area contributed by atoms with Gasteiger partial charge in [-0.2, -0.15) is 0 Å². The standard InChI is InChI=1S/C28H45NO6.BrH/c1-4-5-6-7-8-9-10-11-12-14-18-29-19-15-13-16-25(29)22-35-26(30)21-24(27(31)32)17-20-34-28(33)23(2)3;/h13,15-16,24H,2,4-12,14,17-22H2,1,3H3,(H,31,32);1H. The molecule has 1 aliphatic heterocycles. The van der Waals surface area contributed by atoms with Gasteiger partial charge in [0.15, 0.2) is 0 Å². The number of nitrogens with zero attached hydrogens (tertiary/aromatic N) is 1. The number of unbranched alkanes of at least 4 members (excludes halogenated alkanes) is 9. The molecule has 1 aliphatic rings. The van der Waals surface area contributed by atoms with Crippen LogP contribution in [0, 0.1) is 5.92 Å². The van der Waals surface area contributed by atoms with E-state index in [0.717, 1.165) is 25.2 Å². The van der Waals surface area contributed by atoms with Crippen molar-refractivity contribution in [1.82, 2.24) is 4.90 Å². The molecule has 7 nitrogen and oxygen atoms in total. The van der Waals surface area contributed by atoms with Gasteiger partial charge in [0.2, 0.25) is 0 Å². The highest BCUT2D eigenvalue weighted by molar-refractivity contribution is 8.93. The zero-order valence-corrected chi connectivity index (χ0v) is 23.9. The van der Waals surface area contributed by atoms with Gasteiger partial charge in [0.1, 0.15) is 6.61 Å². The number of hydrogen-bond donors (Lipinski definition) is 1. The summed E-state index contributed by atoms with van der Waals surface area (Å²) in [6.45, 7) is 8.97. The maximum atomic E-state index is 12.3. The molecule has 0 radical (unpaired) electrons. The minimum atomic E-state index is -1.12. The summed E-state index contributed by atoms with van der Waals surface area (Å²) in [6, 6.07) is 0. The summed E-state index contributed by atoms with van der Waals surface area (Å²) in [5, 5.41) is 9.38. The van der Waals surface area contributed by atoms with Crippen LogP contribution in [0.5, 0.6) is 0 Å². The number of carbonyl (C=O) groups excluding carboxylic acids is 2. The Bertz CT molecular complexity index is 734. The second-order valence-corrected chi connectivity index (χ2v) is 9.32. The van der Waals surface area contributed by atoms with E-state index in [-0.39, 0.29) is 48.6 Å². The maximum absolute atomic E-state index is 12.3. The summed E-state index contributed by atoms with van der Waals surface area (Å²) in [4.78, 5) is 37.4. The third-order valence-electron chi connectivity index (χ3n) is 6.13. The van der Waals surface area contributed by atoms with Crippen molar-refractivity contribution in [3.63, 3.8) is 0 Å². The van der Waals surface area contributed by atoms with E-state index in [1.54, 1.807) is 0 Å². The molecule has 36 heavy (non-hydrogen) atoms. The highest BCUT2D eigenvalue weighted by Crippen LogP contribution is 2.16. The van der Waals surface area contributed by atoms with Crippen LogP contribution in [0.15, 0.2) is 36.1 Å². The van der Waals surface area contributed by atoms with E-state index in [2.05, 4.69) is 24.5 Å². The van der Waals surface area contributed by atoms with Crippen LogP contribution < -0.4 is 0 Å². The lowest BCUT2D eigenvalue weighted by Crippen LogP contribution is -2.30. The number of carboxylic acid groups (broad SMARTS) is 1. The lowest BCUT2D eigenvalue weighted by Gasteiger charge is -2.28. The maximum Gasteiger partial charge on any atom is 0.333 e. The minimum Gasteiger partial charge on any atom is -0.481 e. The monoisotopic (exact) mass is 571 g/mol. The van der Waals surface area contributed by atoms with Gasteiger partial charge in [-0.3, -0.25) is 9.59 Å². The number of esters is 2. The molecule has 1 atom stereocenters. The summed E-state index contributed by atoms with van der Waals surface area (Å²) in [7, 11) is 0. The van der Waals surface area contributed by atoms with Gasteiger partial charge < -0.3 is 19.5 Å². The van der Waals surface area contributed by atoms with Crippen molar-refractivity contribution in [2.45, 2.75) is 90.9 Å². The van der Waals surface area contributed by atoms with Gasteiger partial charge in [-0.1, -0.05) is 83.4 Å². The first-order chi connectivity index (χ1) is 16.8. The lowest BCUT2D eigenvalue weighted by molar-refractivity contribution is -0.152. The smallest absolute Gasteiger partial charge is 0.333 e. The summed E-state index contributed by atoms with van der Waals surface area (Å²) >= 11 is 0. The molecule has 8 heteroatoms. The van der Waals surface area contributed by atoms with Crippen molar-refractivity contribution in [3.05, 3.63) is 36.1 Å². The molecular weight excluding hydrogens is 526 g/mol. The van der Waals surface area contributed by atoms with Crippen molar-refractivity contribution >= 4 is 34.9 Å².